The Balaban J connectivity index is 1.43. The van der Waals surface area contributed by atoms with Crippen molar-refractivity contribution in [3.63, 3.8) is 0 Å². The average Bonchev–Trinajstić information content (AvgIpc) is 2.66. The molecule has 4 heteroatoms. The minimum Gasteiger partial charge on any atom is -0.493 e. The Labute approximate surface area is 146 Å². The second-order valence-corrected chi connectivity index (χ2v) is 6.34. The number of para-hydroxylation sites is 2. The number of pyridine rings is 1. The van der Waals surface area contributed by atoms with Crippen molar-refractivity contribution in [1.82, 2.24) is 10.3 Å². The first kappa shape index (κ1) is 15.6. The third-order valence-electron chi connectivity index (χ3n) is 4.71. The quantitative estimate of drug-likeness (QED) is 0.790. The van der Waals surface area contributed by atoms with E-state index in [1.807, 2.05) is 48.5 Å². The molecule has 1 amide bonds. The van der Waals surface area contributed by atoms with Gasteiger partial charge in [0.2, 0.25) is 5.91 Å². The van der Waals surface area contributed by atoms with Crippen LogP contribution in [0.3, 0.4) is 0 Å². The van der Waals surface area contributed by atoms with E-state index < -0.39 is 0 Å². The number of carbonyl (C=O) groups is 1. The van der Waals surface area contributed by atoms with Crippen molar-refractivity contribution in [1.29, 1.82) is 0 Å². The predicted molar refractivity (Wildman–Crippen MR) is 97.5 cm³/mol. The first-order chi connectivity index (χ1) is 12.3. The van der Waals surface area contributed by atoms with E-state index in [0.29, 0.717) is 19.6 Å². The first-order valence-corrected chi connectivity index (χ1v) is 8.62. The van der Waals surface area contributed by atoms with Gasteiger partial charge in [0.1, 0.15) is 5.75 Å². The van der Waals surface area contributed by atoms with Crippen molar-refractivity contribution in [2.45, 2.75) is 25.3 Å². The van der Waals surface area contributed by atoms with Gasteiger partial charge in [-0.05, 0) is 35.6 Å². The Morgan fingerprint density at radius 1 is 1.12 bits per heavy atom. The molecule has 4 rings (SSSR count). The van der Waals surface area contributed by atoms with E-state index in [4.69, 9.17) is 4.74 Å². The first-order valence-electron chi connectivity index (χ1n) is 8.62. The lowest BCUT2D eigenvalue weighted by atomic mass is 9.90. The predicted octanol–water partition coefficient (Wildman–Crippen LogP) is 3.81. The Bertz CT molecular complexity index is 902. The monoisotopic (exact) mass is 332 g/mol. The summed E-state index contributed by atoms with van der Waals surface area (Å²) < 4.78 is 5.67. The zero-order chi connectivity index (χ0) is 17.1. The molecular formula is C21H20N2O2. The Morgan fingerprint density at radius 2 is 2.00 bits per heavy atom. The zero-order valence-corrected chi connectivity index (χ0v) is 13.9. The molecule has 0 radical (unpaired) electrons. The highest BCUT2D eigenvalue weighted by Gasteiger charge is 2.23. The number of rotatable bonds is 4. The van der Waals surface area contributed by atoms with E-state index in [-0.39, 0.29) is 11.8 Å². The smallest absolute Gasteiger partial charge is 0.220 e. The summed E-state index contributed by atoms with van der Waals surface area (Å²) in [7, 11) is 0. The van der Waals surface area contributed by atoms with Gasteiger partial charge in [-0.2, -0.15) is 0 Å². The Kier molecular flexibility index (Phi) is 4.34. The lowest BCUT2D eigenvalue weighted by Gasteiger charge is -2.25. The standard InChI is InChI=1S/C21H20N2O2/c24-20(13-16-10-12-25-19-9-2-1-8-18(16)19)23-14-17-6-3-5-15-7-4-11-22-21(15)17/h1-9,11,16H,10,12-14H2,(H,23,24). The zero-order valence-electron chi connectivity index (χ0n) is 13.9. The third-order valence-corrected chi connectivity index (χ3v) is 4.71. The molecule has 4 nitrogen and oxygen atoms in total. The highest BCUT2D eigenvalue weighted by atomic mass is 16.5. The molecule has 1 unspecified atom stereocenters. The summed E-state index contributed by atoms with van der Waals surface area (Å²) in [5.74, 6) is 1.19. The average molecular weight is 332 g/mol. The Morgan fingerprint density at radius 3 is 2.96 bits per heavy atom. The van der Waals surface area contributed by atoms with Crippen molar-refractivity contribution in [2.75, 3.05) is 6.61 Å². The number of hydrogen-bond acceptors (Lipinski definition) is 3. The van der Waals surface area contributed by atoms with E-state index in [1.165, 1.54) is 0 Å². The maximum Gasteiger partial charge on any atom is 0.220 e. The number of benzene rings is 2. The topological polar surface area (TPSA) is 51.2 Å². The van der Waals surface area contributed by atoms with Crippen LogP contribution in [0.5, 0.6) is 5.75 Å². The summed E-state index contributed by atoms with van der Waals surface area (Å²) in [6.07, 6.45) is 3.14. The lowest BCUT2D eigenvalue weighted by molar-refractivity contribution is -0.121. The minimum atomic E-state index is 0.0645. The third kappa shape index (κ3) is 3.33. The number of hydrogen-bond donors (Lipinski definition) is 1. The van der Waals surface area contributed by atoms with Crippen LogP contribution in [0.2, 0.25) is 0 Å². The molecule has 1 N–H and O–H groups in total. The SMILES string of the molecule is O=C(CC1CCOc2ccccc21)NCc1cccc2cccnc12. The van der Waals surface area contributed by atoms with Gasteiger partial charge in [0.05, 0.1) is 12.1 Å². The van der Waals surface area contributed by atoms with Crippen LogP contribution in [0.1, 0.15) is 29.9 Å². The van der Waals surface area contributed by atoms with Crippen LogP contribution in [0.4, 0.5) is 0 Å². The molecule has 0 spiro atoms. The number of fused-ring (bicyclic) bond motifs is 2. The van der Waals surface area contributed by atoms with Crippen molar-refractivity contribution >= 4 is 16.8 Å². The fourth-order valence-corrected chi connectivity index (χ4v) is 3.43. The highest BCUT2D eigenvalue weighted by Crippen LogP contribution is 2.35. The van der Waals surface area contributed by atoms with Gasteiger partial charge in [-0.25, -0.2) is 0 Å². The van der Waals surface area contributed by atoms with Crippen LogP contribution in [0, 0.1) is 0 Å². The molecule has 2 heterocycles. The molecule has 126 valence electrons. The van der Waals surface area contributed by atoms with Gasteiger partial charge in [0, 0.05) is 24.5 Å². The molecule has 0 bridgehead atoms. The summed E-state index contributed by atoms with van der Waals surface area (Å²) in [4.78, 5) is 16.9. The summed E-state index contributed by atoms with van der Waals surface area (Å²) in [5.41, 5.74) is 3.12. The van der Waals surface area contributed by atoms with Crippen molar-refractivity contribution in [3.8, 4) is 5.75 Å². The number of carbonyl (C=O) groups excluding carboxylic acids is 1. The van der Waals surface area contributed by atoms with Crippen LogP contribution in [0.25, 0.3) is 10.9 Å². The summed E-state index contributed by atoms with van der Waals surface area (Å²) >= 11 is 0. The molecule has 0 fully saturated rings. The van der Waals surface area contributed by atoms with Gasteiger partial charge in [-0.15, -0.1) is 0 Å². The van der Waals surface area contributed by atoms with Crippen molar-refractivity contribution in [2.24, 2.45) is 0 Å². The van der Waals surface area contributed by atoms with E-state index >= 15 is 0 Å². The van der Waals surface area contributed by atoms with Crippen molar-refractivity contribution < 1.29 is 9.53 Å². The van der Waals surface area contributed by atoms with Crippen LogP contribution in [-0.4, -0.2) is 17.5 Å². The number of aromatic nitrogens is 1. The van der Waals surface area contributed by atoms with Gasteiger partial charge in [0.15, 0.2) is 0 Å². The van der Waals surface area contributed by atoms with Gasteiger partial charge in [0.25, 0.3) is 0 Å². The molecule has 1 aromatic heterocycles. The molecule has 1 atom stereocenters. The summed E-state index contributed by atoms with van der Waals surface area (Å²) in [5, 5.41) is 4.14. The number of amides is 1. The fourth-order valence-electron chi connectivity index (χ4n) is 3.43. The van der Waals surface area contributed by atoms with E-state index in [9.17, 15) is 4.79 Å². The van der Waals surface area contributed by atoms with E-state index in [0.717, 1.165) is 34.2 Å². The maximum absolute atomic E-state index is 12.5. The van der Waals surface area contributed by atoms with Gasteiger partial charge < -0.3 is 10.1 Å². The molecule has 2 aromatic carbocycles. The number of ether oxygens (including phenoxy) is 1. The summed E-state index contributed by atoms with van der Waals surface area (Å²) in [6.45, 7) is 1.17. The molecule has 0 saturated carbocycles. The second kappa shape index (κ2) is 6.93. The highest BCUT2D eigenvalue weighted by molar-refractivity contribution is 5.82. The minimum absolute atomic E-state index is 0.0645. The van der Waals surface area contributed by atoms with Gasteiger partial charge in [-0.3, -0.25) is 9.78 Å². The molecule has 3 aromatic rings. The summed E-state index contributed by atoms with van der Waals surface area (Å²) in [6, 6.07) is 18.0. The number of nitrogens with zero attached hydrogens (tertiary/aromatic N) is 1. The van der Waals surface area contributed by atoms with E-state index in [2.05, 4.69) is 16.4 Å². The largest absolute Gasteiger partial charge is 0.493 e. The normalized spacial score (nSPS) is 16.1. The Hall–Kier alpha value is -2.88. The molecule has 1 aliphatic heterocycles. The van der Waals surface area contributed by atoms with Crippen LogP contribution in [-0.2, 0) is 11.3 Å². The van der Waals surface area contributed by atoms with Gasteiger partial charge >= 0.3 is 0 Å². The van der Waals surface area contributed by atoms with Crippen LogP contribution in [0.15, 0.2) is 60.8 Å². The lowest BCUT2D eigenvalue weighted by Crippen LogP contribution is -2.26. The molecule has 1 aliphatic rings. The van der Waals surface area contributed by atoms with Crippen molar-refractivity contribution in [3.05, 3.63) is 71.9 Å². The van der Waals surface area contributed by atoms with Gasteiger partial charge in [-0.1, -0.05) is 42.5 Å². The molecule has 0 aliphatic carbocycles. The molecular weight excluding hydrogens is 312 g/mol. The second-order valence-electron chi connectivity index (χ2n) is 6.34. The van der Waals surface area contributed by atoms with Crippen LogP contribution < -0.4 is 10.1 Å². The molecule has 0 saturated heterocycles. The fraction of sp³-hybridized carbons (Fsp3) is 0.238. The molecule has 25 heavy (non-hydrogen) atoms. The van der Waals surface area contributed by atoms with Crippen LogP contribution >= 0.6 is 0 Å². The number of nitrogens with one attached hydrogen (secondary N) is 1. The maximum atomic E-state index is 12.5. The van der Waals surface area contributed by atoms with E-state index in [1.54, 1.807) is 6.20 Å².